The average Bonchev–Trinajstić information content (AvgIpc) is 3.17. The Morgan fingerprint density at radius 2 is 1.74 bits per heavy atom. The number of aliphatic hydroxyl groups is 1. The van der Waals surface area contributed by atoms with Gasteiger partial charge in [-0.3, -0.25) is 9.78 Å². The fourth-order valence-corrected chi connectivity index (χ4v) is 5.40. The van der Waals surface area contributed by atoms with Gasteiger partial charge in [-0.2, -0.15) is 0 Å². The summed E-state index contributed by atoms with van der Waals surface area (Å²) in [5.41, 5.74) is 7.53. The van der Waals surface area contributed by atoms with Crippen LogP contribution in [-0.2, 0) is 35.7 Å². The van der Waals surface area contributed by atoms with Crippen LogP contribution in [0.2, 0.25) is 0 Å². The minimum Gasteiger partial charge on any atom is -0.512 e. The number of benzene rings is 3. The Labute approximate surface area is 237 Å². The first-order chi connectivity index (χ1) is 17.4. The summed E-state index contributed by atoms with van der Waals surface area (Å²) in [7, 11) is 0. The summed E-state index contributed by atoms with van der Waals surface area (Å²) >= 11 is 0. The van der Waals surface area contributed by atoms with Gasteiger partial charge >= 0.3 is 0 Å². The molecule has 1 aliphatic rings. The summed E-state index contributed by atoms with van der Waals surface area (Å²) in [5.74, 6) is -0.0625. The molecule has 1 aliphatic carbocycles. The quantitative estimate of drug-likeness (QED) is 0.109. The van der Waals surface area contributed by atoms with E-state index >= 15 is 0 Å². The molecule has 2 aromatic heterocycles. The van der Waals surface area contributed by atoms with E-state index in [-0.39, 0.29) is 42.5 Å². The van der Waals surface area contributed by atoms with E-state index in [4.69, 9.17) is 14.5 Å². The third kappa shape index (κ3) is 4.59. The normalized spacial score (nSPS) is 14.0. The van der Waals surface area contributed by atoms with Gasteiger partial charge in [-0.1, -0.05) is 81.5 Å². The maximum Gasteiger partial charge on any atom is 0.155 e. The number of hydrogen-bond acceptors (Lipinski definition) is 4. The number of carbonyl (C=O) groups excluding carboxylic acids is 1. The smallest absolute Gasteiger partial charge is 0.155 e. The maximum absolute atomic E-state index is 10.0. The fourth-order valence-electron chi connectivity index (χ4n) is 5.40. The predicted molar refractivity (Wildman–Crippen MR) is 151 cm³/mol. The van der Waals surface area contributed by atoms with Crippen molar-refractivity contribution in [2.45, 2.75) is 59.3 Å². The number of allylic oxidation sites excluding steroid dienone is 2. The van der Waals surface area contributed by atoms with Crippen LogP contribution in [0.5, 0.6) is 0 Å². The number of furan rings is 1. The first-order valence-electron chi connectivity index (χ1n) is 12.6. The molecule has 0 saturated carbocycles. The summed E-state index contributed by atoms with van der Waals surface area (Å²) in [6, 6.07) is 21.1. The maximum atomic E-state index is 10.0. The Morgan fingerprint density at radius 1 is 1.03 bits per heavy atom. The molecular formula is C33H32IrNO3-. The Hall–Kier alpha value is -3.27. The number of ketones is 1. The number of aliphatic hydroxyl groups excluding tert-OH is 1. The van der Waals surface area contributed by atoms with Gasteiger partial charge in [-0.25, -0.2) is 0 Å². The van der Waals surface area contributed by atoms with E-state index in [1.54, 1.807) is 0 Å². The van der Waals surface area contributed by atoms with E-state index in [1.165, 1.54) is 47.4 Å². The van der Waals surface area contributed by atoms with Gasteiger partial charge in [0.25, 0.3) is 0 Å². The second-order valence-corrected chi connectivity index (χ2v) is 11.4. The van der Waals surface area contributed by atoms with Crippen LogP contribution in [0, 0.1) is 6.07 Å². The Morgan fingerprint density at radius 3 is 2.37 bits per heavy atom. The standard InChI is InChI=1S/C28H24NO.C5H8O2.Ir/c1-27(2,3)20-11-10-19-23-24-22(30-26(20)23)12-13-29-25(24)18-14-16-8-6-7-9-17(16)15-21(18)28(19,4)5;1-4(6)3-5(2)7;/h6-13,15H,1-5H3;3,6H,1-2H3;/q-1;;/b;4-3-;. The van der Waals surface area contributed by atoms with Crippen molar-refractivity contribution >= 4 is 38.5 Å². The van der Waals surface area contributed by atoms with Gasteiger partial charge in [0, 0.05) is 54.4 Å². The van der Waals surface area contributed by atoms with Gasteiger partial charge in [0.05, 0.1) is 5.76 Å². The molecule has 0 amide bonds. The Kier molecular flexibility index (Phi) is 7.16. The number of fused-ring (bicyclic) bond motifs is 3. The van der Waals surface area contributed by atoms with Gasteiger partial charge in [0.15, 0.2) is 5.78 Å². The van der Waals surface area contributed by atoms with Crippen molar-refractivity contribution < 1.29 is 34.4 Å². The number of pyridine rings is 1. The van der Waals surface area contributed by atoms with Gasteiger partial charge in [-0.05, 0) is 36.3 Å². The zero-order valence-electron chi connectivity index (χ0n) is 22.8. The molecule has 2 heterocycles. The van der Waals surface area contributed by atoms with Crippen LogP contribution in [-0.4, -0.2) is 15.9 Å². The van der Waals surface area contributed by atoms with Crippen LogP contribution in [0.15, 0.2) is 71.0 Å². The van der Waals surface area contributed by atoms with Crippen LogP contribution in [0.25, 0.3) is 44.0 Å². The molecular weight excluding hydrogens is 651 g/mol. The van der Waals surface area contributed by atoms with Crippen molar-refractivity contribution in [3.63, 3.8) is 0 Å². The van der Waals surface area contributed by atoms with Crippen molar-refractivity contribution in [2.24, 2.45) is 0 Å². The molecule has 0 fully saturated rings. The van der Waals surface area contributed by atoms with E-state index in [1.807, 2.05) is 12.3 Å². The first kappa shape index (κ1) is 27.8. The van der Waals surface area contributed by atoms with Crippen molar-refractivity contribution in [3.8, 4) is 11.3 Å². The van der Waals surface area contributed by atoms with Gasteiger partial charge in [-0.15, -0.1) is 23.6 Å². The van der Waals surface area contributed by atoms with E-state index in [9.17, 15) is 4.79 Å². The number of hydrogen-bond donors (Lipinski definition) is 1. The minimum atomic E-state index is -0.206. The number of rotatable bonds is 1. The monoisotopic (exact) mass is 683 g/mol. The molecule has 0 spiro atoms. The van der Waals surface area contributed by atoms with Crippen molar-refractivity contribution in [3.05, 3.63) is 89.3 Å². The molecule has 0 aliphatic heterocycles. The summed E-state index contributed by atoms with van der Waals surface area (Å²) < 4.78 is 6.51. The van der Waals surface area contributed by atoms with Crippen molar-refractivity contribution in [2.75, 3.05) is 0 Å². The summed E-state index contributed by atoms with van der Waals surface area (Å²) in [5, 5.41) is 13.0. The molecule has 5 aromatic rings. The molecule has 6 rings (SSSR count). The minimum absolute atomic E-state index is 0. The molecule has 0 saturated heterocycles. The topological polar surface area (TPSA) is 63.3 Å². The zero-order chi connectivity index (χ0) is 26.7. The van der Waals surface area contributed by atoms with Crippen LogP contribution in [0.3, 0.4) is 0 Å². The molecule has 197 valence electrons. The average molecular weight is 683 g/mol. The first-order valence-corrected chi connectivity index (χ1v) is 12.6. The molecule has 4 nitrogen and oxygen atoms in total. The van der Waals surface area contributed by atoms with E-state index in [0.717, 1.165) is 33.2 Å². The molecule has 38 heavy (non-hydrogen) atoms. The second kappa shape index (κ2) is 9.80. The number of aromatic nitrogens is 1. The summed E-state index contributed by atoms with van der Waals surface area (Å²) in [4.78, 5) is 14.9. The van der Waals surface area contributed by atoms with Gasteiger partial charge in [0.2, 0.25) is 0 Å². The van der Waals surface area contributed by atoms with Crippen LogP contribution >= 0.6 is 0 Å². The third-order valence-corrected chi connectivity index (χ3v) is 7.13. The predicted octanol–water partition coefficient (Wildman–Crippen LogP) is 8.57. The van der Waals surface area contributed by atoms with Gasteiger partial charge in [0.1, 0.15) is 11.2 Å². The van der Waals surface area contributed by atoms with Crippen LogP contribution in [0.4, 0.5) is 0 Å². The molecule has 5 heteroatoms. The summed E-state index contributed by atoms with van der Waals surface area (Å²) in [6.07, 6.45) is 3.03. The SMILES string of the molecule is CC(=O)/C=C(/C)O.CC(C)(C)c1ccc2c3c1oc1ccnc(c13)-c1[c-]c3ccccc3cc1C2(C)C.[Ir]. The zero-order valence-corrected chi connectivity index (χ0v) is 25.2. The second-order valence-electron chi connectivity index (χ2n) is 11.4. The molecule has 3 aromatic carbocycles. The van der Waals surface area contributed by atoms with Gasteiger partial charge < -0.3 is 9.52 Å². The van der Waals surface area contributed by atoms with Crippen molar-refractivity contribution in [1.29, 1.82) is 0 Å². The largest absolute Gasteiger partial charge is 0.512 e. The third-order valence-electron chi connectivity index (χ3n) is 7.13. The molecule has 0 atom stereocenters. The van der Waals surface area contributed by atoms with Crippen LogP contribution in [0.1, 0.15) is 65.2 Å². The molecule has 0 bridgehead atoms. The molecule has 1 N–H and O–H groups in total. The molecule has 0 unspecified atom stereocenters. The van der Waals surface area contributed by atoms with Crippen LogP contribution < -0.4 is 0 Å². The summed E-state index contributed by atoms with van der Waals surface area (Å²) in [6.45, 7) is 14.2. The number of carbonyl (C=O) groups is 1. The molecule has 1 radical (unpaired) electrons. The Balaban J connectivity index is 0.000000375. The van der Waals surface area contributed by atoms with E-state index in [0.29, 0.717) is 0 Å². The van der Waals surface area contributed by atoms with E-state index < -0.39 is 0 Å². The van der Waals surface area contributed by atoms with E-state index in [2.05, 4.69) is 83.1 Å². The Bertz CT molecular complexity index is 1730. The fraction of sp³-hybridized carbons (Fsp3) is 0.273. The van der Waals surface area contributed by atoms with Crippen molar-refractivity contribution in [1.82, 2.24) is 4.98 Å². The number of nitrogens with zero attached hydrogens (tertiary/aromatic N) is 1.